The SMILES string of the molecule is C[C@@H]1[C@H](F)C[C-]2CCCN21.Nc1cc2c3c(c(Cl)ccc3c1)C#[N+][C@]1(F)[C@@H]3CCCCN(c4nc(O)nc5c(F)c-2ncc45)[C@@H]31.[U]. The molecule has 0 unspecified atom stereocenters. The Kier molecular flexibility index (Phi) is 8.08. The van der Waals surface area contributed by atoms with Gasteiger partial charge < -0.3 is 20.6 Å². The van der Waals surface area contributed by atoms with Crippen molar-refractivity contribution in [3.63, 3.8) is 0 Å². The fourth-order valence-corrected chi connectivity index (χ4v) is 7.95. The number of hydrogen-bond acceptors (Lipinski definition) is 7. The van der Waals surface area contributed by atoms with Gasteiger partial charge in [-0.15, -0.1) is 6.42 Å². The first-order valence-corrected chi connectivity index (χ1v) is 15.8. The van der Waals surface area contributed by atoms with Gasteiger partial charge in [0.1, 0.15) is 28.5 Å². The van der Waals surface area contributed by atoms with Gasteiger partial charge in [-0.1, -0.05) is 30.5 Å². The van der Waals surface area contributed by atoms with Crippen LogP contribution in [-0.4, -0.2) is 62.1 Å². The van der Waals surface area contributed by atoms with Crippen LogP contribution in [0.2, 0.25) is 5.02 Å². The molecule has 2 aromatic carbocycles. The molecule has 46 heavy (non-hydrogen) atoms. The van der Waals surface area contributed by atoms with E-state index in [0.29, 0.717) is 52.0 Å². The van der Waals surface area contributed by atoms with Crippen molar-refractivity contribution in [1.29, 1.82) is 0 Å². The van der Waals surface area contributed by atoms with Crippen molar-refractivity contribution >= 4 is 44.8 Å². The first-order valence-electron chi connectivity index (χ1n) is 15.4. The van der Waals surface area contributed by atoms with E-state index in [0.717, 1.165) is 25.8 Å². The summed E-state index contributed by atoms with van der Waals surface area (Å²) in [6.45, 7) is 3.56. The van der Waals surface area contributed by atoms with Crippen LogP contribution in [0.5, 0.6) is 6.01 Å². The standard InChI is InChI=1S/C25H17ClF2N6O.C8H13FN.U/c26-17-5-4-11-7-12(29)8-13-18(11)14(17)10-31-25(28)16-3-1-2-6-34(22(16)25)23-15-9-30-20(13)19(27)21(15)32-24(35)33-23;1-6-8(9)5-7-3-2-4-10(6)7;/h4-5,7-9,16,22H,1-3,6,29H2;6,8H,2-5H2,1H3;/q;-1;/p+1/t16-,22+,25-;6-,8-;/m11./s1. The topological polar surface area (TPSA) is 95.8 Å². The summed E-state index contributed by atoms with van der Waals surface area (Å²) in [5, 5.41) is 12.1. The van der Waals surface area contributed by atoms with Crippen LogP contribution in [0.1, 0.15) is 51.0 Å². The van der Waals surface area contributed by atoms with Crippen molar-refractivity contribution in [2.45, 2.75) is 69.5 Å². The Morgan fingerprint density at radius 2 is 2.02 bits per heavy atom. The molecular weight excluding hydrogens is 841 g/mol. The minimum atomic E-state index is -1.92. The molecule has 4 bridgehead atoms. The Hall–Kier alpha value is -2.83. The number of aromatic hydroxyl groups is 1. The first kappa shape index (κ1) is 31.8. The minimum Gasteiger partial charge on any atom is -0.479 e. The molecule has 4 aromatic rings. The summed E-state index contributed by atoms with van der Waals surface area (Å²) in [6.07, 6.45) is 6.22. The minimum absolute atomic E-state index is 0. The predicted molar refractivity (Wildman–Crippen MR) is 168 cm³/mol. The van der Waals surface area contributed by atoms with E-state index in [-0.39, 0.29) is 59.6 Å². The molecule has 3 saturated heterocycles. The van der Waals surface area contributed by atoms with E-state index < -0.39 is 35.8 Å². The number of pyridine rings is 1. The zero-order valence-corrected chi connectivity index (χ0v) is 30.0. The molecule has 4 fully saturated rings. The molecule has 1 saturated carbocycles. The van der Waals surface area contributed by atoms with Crippen LogP contribution in [0.4, 0.5) is 24.7 Å². The number of aromatic nitrogens is 3. The van der Waals surface area contributed by atoms with Crippen molar-refractivity contribution in [2.24, 2.45) is 5.92 Å². The van der Waals surface area contributed by atoms with E-state index in [4.69, 9.17) is 17.3 Å². The summed E-state index contributed by atoms with van der Waals surface area (Å²) < 4.78 is 45.4. The van der Waals surface area contributed by atoms with Crippen LogP contribution in [0.25, 0.3) is 37.8 Å². The number of fused-ring (bicyclic) bond motifs is 2. The van der Waals surface area contributed by atoms with E-state index >= 15 is 8.78 Å². The maximum Gasteiger partial charge on any atom is 0.443 e. The van der Waals surface area contributed by atoms with E-state index in [1.807, 2.05) is 6.92 Å². The van der Waals surface area contributed by atoms with Gasteiger partial charge in [0.25, 0.3) is 0 Å². The number of hydrogen-bond donors (Lipinski definition) is 2. The number of rotatable bonds is 0. The smallest absolute Gasteiger partial charge is 0.443 e. The summed E-state index contributed by atoms with van der Waals surface area (Å²) in [7, 11) is 0. The summed E-state index contributed by atoms with van der Waals surface area (Å²) >= 11 is 6.55. The average molecular weight is 872 g/mol. The molecule has 5 atom stereocenters. The van der Waals surface area contributed by atoms with Crippen molar-refractivity contribution in [1.82, 2.24) is 19.9 Å². The fraction of sp³-hybridized carbons (Fsp3) is 0.424. The molecule has 0 radical (unpaired) electrons. The Morgan fingerprint density at radius 3 is 2.83 bits per heavy atom. The Bertz CT molecular complexity index is 1950. The van der Waals surface area contributed by atoms with Gasteiger partial charge in [0.15, 0.2) is 11.9 Å². The van der Waals surface area contributed by atoms with Crippen molar-refractivity contribution < 1.29 is 49.4 Å². The zero-order valence-electron chi connectivity index (χ0n) is 25.1. The molecule has 8 nitrogen and oxygen atoms in total. The van der Waals surface area contributed by atoms with Gasteiger partial charge in [0, 0.05) is 66.5 Å². The molecule has 3 N–H and O–H groups in total. The maximum absolute atomic E-state index is 16.3. The van der Waals surface area contributed by atoms with Gasteiger partial charge >= 0.3 is 17.9 Å². The third-order valence-corrected chi connectivity index (χ3v) is 10.3. The van der Waals surface area contributed by atoms with Crippen LogP contribution in [-0.2, 0) is 0 Å². The summed E-state index contributed by atoms with van der Waals surface area (Å²) in [6, 6.07) is 9.88. The van der Waals surface area contributed by atoms with Crippen LogP contribution < -0.4 is 10.6 Å². The molecule has 2 aromatic heterocycles. The summed E-state index contributed by atoms with van der Waals surface area (Å²) in [5.41, 5.74) is 7.07. The van der Waals surface area contributed by atoms with Crippen LogP contribution in [0.15, 0.2) is 30.5 Å². The third kappa shape index (κ3) is 4.92. The molecule has 13 heteroatoms. The van der Waals surface area contributed by atoms with E-state index in [1.165, 1.54) is 18.7 Å². The second kappa shape index (κ2) is 11.7. The largest absolute Gasteiger partial charge is 0.479 e. The number of halogens is 4. The molecular formula is C33H31ClF3N7OU. The number of anilines is 2. The van der Waals surface area contributed by atoms with Crippen molar-refractivity contribution in [3.8, 4) is 23.3 Å². The van der Waals surface area contributed by atoms with E-state index in [9.17, 15) is 9.50 Å². The third-order valence-electron chi connectivity index (χ3n) is 10.0. The molecule has 7 heterocycles. The number of benzene rings is 2. The monoisotopic (exact) mass is 871 g/mol. The Balaban J connectivity index is 0.000000262. The summed E-state index contributed by atoms with van der Waals surface area (Å²) in [5.74, 6) is -2.83. The van der Waals surface area contributed by atoms with Crippen molar-refractivity contribution in [3.05, 3.63) is 57.8 Å². The molecule has 1 aliphatic carbocycles. The number of nitrogens with two attached hydrogens (primary N) is 1. The van der Waals surface area contributed by atoms with E-state index in [1.54, 1.807) is 29.2 Å². The quantitative estimate of drug-likeness (QED) is 0.112. The Labute approximate surface area is 292 Å². The second-order valence-corrected chi connectivity index (χ2v) is 13.0. The van der Waals surface area contributed by atoms with Crippen LogP contribution >= 0.6 is 11.6 Å². The molecule has 0 amide bonds. The zero-order chi connectivity index (χ0) is 31.2. The van der Waals surface area contributed by atoms with Crippen LogP contribution in [0, 0.1) is 55.0 Å². The van der Waals surface area contributed by atoms with Gasteiger partial charge in [0.2, 0.25) is 0 Å². The number of alkyl halides is 2. The maximum atomic E-state index is 16.3. The molecule has 6 aliphatic rings. The first-order chi connectivity index (χ1) is 21.7. The van der Waals surface area contributed by atoms with Gasteiger partial charge in [0.05, 0.1) is 16.6 Å². The summed E-state index contributed by atoms with van der Waals surface area (Å²) in [4.78, 5) is 20.9. The second-order valence-electron chi connectivity index (χ2n) is 12.6. The predicted octanol–water partition coefficient (Wildman–Crippen LogP) is 7.02. The van der Waals surface area contributed by atoms with Crippen LogP contribution in [0.3, 0.4) is 0 Å². The molecule has 10 rings (SSSR count). The molecule has 0 spiro atoms. The van der Waals surface area contributed by atoms with Gasteiger partial charge in [-0.3, -0.25) is 4.98 Å². The fourth-order valence-electron chi connectivity index (χ4n) is 7.76. The average Bonchev–Trinajstić information content (AvgIpc) is 3.26. The van der Waals surface area contributed by atoms with Crippen molar-refractivity contribution in [2.75, 3.05) is 23.7 Å². The number of nitrogens with zero attached hydrogens (tertiary/aromatic N) is 6. The Morgan fingerprint density at radius 1 is 1.20 bits per heavy atom. The normalized spacial score (nSPS) is 27.7. The molecule has 236 valence electrons. The van der Waals surface area contributed by atoms with E-state index in [2.05, 4.69) is 30.8 Å². The van der Waals surface area contributed by atoms with Gasteiger partial charge in [-0.25, -0.2) is 14.8 Å². The van der Waals surface area contributed by atoms with Gasteiger partial charge in [-0.2, -0.15) is 20.8 Å². The number of nitrogen functional groups attached to an aromatic ring is 1. The van der Waals surface area contributed by atoms with Gasteiger partial charge in [-0.05, 0) is 54.7 Å². The molecule has 5 aliphatic heterocycles.